The van der Waals surface area contributed by atoms with Crippen LogP contribution in [0.2, 0.25) is 23.2 Å². The van der Waals surface area contributed by atoms with Gasteiger partial charge >= 0.3 is 0 Å². The molecule has 3 atom stereocenters. The third kappa shape index (κ3) is 9.52. The van der Waals surface area contributed by atoms with Gasteiger partial charge in [0.2, 0.25) is 0 Å². The molecule has 4 nitrogen and oxygen atoms in total. The van der Waals surface area contributed by atoms with Gasteiger partial charge in [-0.3, -0.25) is 0 Å². The Balaban J connectivity index is 1.90. The summed E-state index contributed by atoms with van der Waals surface area (Å²) in [5, 5.41) is 23.5. The average molecular weight is 593 g/mol. The first-order valence-corrected chi connectivity index (χ1v) is 19.8. The number of aliphatic hydroxyl groups is 2. The van der Waals surface area contributed by atoms with Crippen LogP contribution < -0.4 is 10.4 Å². The lowest BCUT2D eigenvalue weighted by Gasteiger charge is -2.43. The van der Waals surface area contributed by atoms with E-state index in [9.17, 15) is 10.2 Å². The second-order valence-electron chi connectivity index (χ2n) is 13.4. The molecule has 0 spiro atoms. The molecule has 39 heavy (non-hydrogen) atoms. The third-order valence-electron chi connectivity index (χ3n) is 8.24. The maximum absolute atomic E-state index is 10.7. The van der Waals surface area contributed by atoms with Crippen LogP contribution in [0.15, 0.2) is 60.7 Å². The third-order valence-corrected chi connectivity index (χ3v) is 18.3. The Labute approximate surface area is 245 Å². The average Bonchev–Trinajstić information content (AvgIpc) is 2.86. The first kappa shape index (κ1) is 34.2. The van der Waals surface area contributed by atoms with Gasteiger partial charge in [-0.1, -0.05) is 102 Å². The highest BCUT2D eigenvalue weighted by Crippen LogP contribution is 2.37. The highest BCUT2D eigenvalue weighted by atomic mass is 35.5. The van der Waals surface area contributed by atoms with Gasteiger partial charge in [0.05, 0.1) is 17.6 Å². The van der Waals surface area contributed by atoms with Crippen molar-refractivity contribution in [3.05, 3.63) is 60.7 Å². The molecule has 0 fully saturated rings. The maximum Gasteiger partial charge on any atom is 0.261 e. The predicted octanol–water partition coefficient (Wildman–Crippen LogP) is 6.86. The van der Waals surface area contributed by atoms with Crippen molar-refractivity contribution in [2.75, 3.05) is 13.2 Å². The smallest absolute Gasteiger partial charge is 0.261 e. The van der Waals surface area contributed by atoms with Gasteiger partial charge in [0.15, 0.2) is 8.32 Å². The van der Waals surface area contributed by atoms with Gasteiger partial charge in [-0.2, -0.15) is 0 Å². The second kappa shape index (κ2) is 14.8. The molecule has 7 heteroatoms. The minimum atomic E-state index is -2.58. The number of hydrogen-bond acceptors (Lipinski definition) is 4. The molecule has 0 amide bonds. The lowest BCUT2D eigenvalue weighted by Crippen LogP contribution is -2.66. The van der Waals surface area contributed by atoms with E-state index in [0.29, 0.717) is 32.5 Å². The van der Waals surface area contributed by atoms with Crippen LogP contribution in [0.5, 0.6) is 0 Å². The number of aliphatic hydroxyl groups excluding tert-OH is 2. The van der Waals surface area contributed by atoms with E-state index < -0.39 is 34.2 Å². The van der Waals surface area contributed by atoms with Crippen LogP contribution in [0.4, 0.5) is 0 Å². The van der Waals surface area contributed by atoms with Crippen LogP contribution in [-0.4, -0.2) is 57.6 Å². The lowest BCUT2D eigenvalue weighted by atomic mass is 10.0. The van der Waals surface area contributed by atoms with E-state index in [2.05, 4.69) is 103 Å². The Morgan fingerprint density at radius 3 is 1.64 bits per heavy atom. The fourth-order valence-corrected chi connectivity index (χ4v) is 10.8. The van der Waals surface area contributed by atoms with Gasteiger partial charge in [-0.05, 0) is 59.2 Å². The van der Waals surface area contributed by atoms with Gasteiger partial charge < -0.3 is 19.1 Å². The van der Waals surface area contributed by atoms with Crippen molar-refractivity contribution in [2.45, 2.75) is 114 Å². The van der Waals surface area contributed by atoms with Crippen molar-refractivity contribution < 1.29 is 19.1 Å². The molecule has 0 bridgehead atoms. The lowest BCUT2D eigenvalue weighted by molar-refractivity contribution is 0.0672. The van der Waals surface area contributed by atoms with Crippen molar-refractivity contribution in [3.8, 4) is 0 Å². The zero-order valence-electron chi connectivity index (χ0n) is 25.5. The van der Waals surface area contributed by atoms with Crippen LogP contribution >= 0.6 is 11.6 Å². The number of benzene rings is 2. The predicted molar refractivity (Wildman–Crippen MR) is 171 cm³/mol. The number of halogens is 1. The van der Waals surface area contributed by atoms with E-state index >= 15 is 0 Å². The molecule has 0 saturated heterocycles. The second-order valence-corrected chi connectivity index (χ2v) is 23.1. The van der Waals surface area contributed by atoms with Crippen LogP contribution in [0.25, 0.3) is 0 Å². The van der Waals surface area contributed by atoms with Gasteiger partial charge in [0.1, 0.15) is 0 Å². The molecule has 0 aromatic heterocycles. The van der Waals surface area contributed by atoms with Crippen molar-refractivity contribution in [3.63, 3.8) is 0 Å². The Morgan fingerprint density at radius 2 is 1.18 bits per heavy atom. The molecule has 0 aliphatic heterocycles. The van der Waals surface area contributed by atoms with Gasteiger partial charge in [0.25, 0.3) is 8.32 Å². The molecule has 0 heterocycles. The Hall–Kier alpha value is -0.996. The molecule has 2 aromatic carbocycles. The standard InChI is InChI=1S/C32H53ClO4Si2/c1-31(2,3)38(7,8)36-23-16-22-29(33)30(35)25-26(34)17-15-24-37-39(32(4,5)6,27-18-11-9-12-19-27)28-20-13-10-14-21-28/h9-14,18-21,26,29-30,34-35H,15-17,22-25H2,1-8H3/t26-,29+,30-/m0/s1. The summed E-state index contributed by atoms with van der Waals surface area (Å²) in [7, 11) is -4.35. The minimum absolute atomic E-state index is 0.0787. The Kier molecular flexibility index (Phi) is 12.9. The van der Waals surface area contributed by atoms with Gasteiger partial charge in [0, 0.05) is 19.6 Å². The number of alkyl halides is 1. The first-order chi connectivity index (χ1) is 18.1. The summed E-state index contributed by atoms with van der Waals surface area (Å²) in [5.41, 5.74) is 0. The summed E-state index contributed by atoms with van der Waals surface area (Å²) >= 11 is 6.50. The molecule has 2 N–H and O–H groups in total. The van der Waals surface area contributed by atoms with Crippen molar-refractivity contribution in [2.24, 2.45) is 0 Å². The normalized spacial score (nSPS) is 15.7. The van der Waals surface area contributed by atoms with Crippen LogP contribution in [0, 0.1) is 0 Å². The van der Waals surface area contributed by atoms with Crippen molar-refractivity contribution in [1.29, 1.82) is 0 Å². The van der Waals surface area contributed by atoms with E-state index in [1.807, 2.05) is 12.1 Å². The van der Waals surface area contributed by atoms with Gasteiger partial charge in [-0.25, -0.2) is 0 Å². The van der Waals surface area contributed by atoms with Gasteiger partial charge in [-0.15, -0.1) is 11.6 Å². The summed E-state index contributed by atoms with van der Waals surface area (Å²) < 4.78 is 13.1. The van der Waals surface area contributed by atoms with E-state index in [1.165, 1.54) is 10.4 Å². The molecule has 0 aliphatic carbocycles. The SMILES string of the molecule is CC(C)(C)[Si](C)(C)OCCC[C@@H](Cl)[C@@H](O)C[C@@H](O)CCCO[Si](c1ccccc1)(c1ccccc1)C(C)(C)C. The van der Waals surface area contributed by atoms with Crippen LogP contribution in [0.1, 0.15) is 73.6 Å². The maximum atomic E-state index is 10.7. The largest absolute Gasteiger partial charge is 0.417 e. The summed E-state index contributed by atoms with van der Waals surface area (Å²) in [6.07, 6.45) is 1.66. The number of hydrogen-bond donors (Lipinski definition) is 2. The molecule has 0 unspecified atom stereocenters. The molecule has 220 valence electrons. The quantitative estimate of drug-likeness (QED) is 0.135. The zero-order valence-corrected chi connectivity index (χ0v) is 28.3. The summed E-state index contributed by atoms with van der Waals surface area (Å²) in [6.45, 7) is 19.2. The van der Waals surface area contributed by atoms with E-state index in [1.54, 1.807) is 0 Å². The van der Waals surface area contributed by atoms with Crippen LogP contribution in [-0.2, 0) is 8.85 Å². The highest BCUT2D eigenvalue weighted by molar-refractivity contribution is 6.99. The first-order valence-electron chi connectivity index (χ1n) is 14.5. The Morgan fingerprint density at radius 1 is 0.718 bits per heavy atom. The fraction of sp³-hybridized carbons (Fsp3) is 0.625. The highest BCUT2D eigenvalue weighted by Gasteiger charge is 2.50. The monoisotopic (exact) mass is 592 g/mol. The van der Waals surface area contributed by atoms with Crippen molar-refractivity contribution in [1.82, 2.24) is 0 Å². The fourth-order valence-electron chi connectivity index (χ4n) is 4.86. The van der Waals surface area contributed by atoms with Crippen LogP contribution in [0.3, 0.4) is 0 Å². The van der Waals surface area contributed by atoms with Crippen molar-refractivity contribution >= 4 is 38.6 Å². The molecule has 0 aliphatic rings. The summed E-state index contributed by atoms with van der Waals surface area (Å²) in [5.74, 6) is 0. The topological polar surface area (TPSA) is 58.9 Å². The summed E-state index contributed by atoms with van der Waals surface area (Å²) in [6, 6.07) is 21.2. The molecular formula is C32H53ClO4Si2. The van der Waals surface area contributed by atoms with E-state index in [-0.39, 0.29) is 16.5 Å². The molecular weight excluding hydrogens is 540 g/mol. The van der Waals surface area contributed by atoms with E-state index in [0.717, 1.165) is 6.42 Å². The van der Waals surface area contributed by atoms with E-state index in [4.69, 9.17) is 20.5 Å². The minimum Gasteiger partial charge on any atom is -0.417 e. The molecule has 0 saturated carbocycles. The molecule has 0 radical (unpaired) electrons. The number of rotatable bonds is 15. The Bertz CT molecular complexity index is 918. The zero-order chi connectivity index (χ0) is 29.3. The molecule has 2 rings (SSSR count). The summed E-state index contributed by atoms with van der Waals surface area (Å²) in [4.78, 5) is 0. The molecule has 2 aromatic rings.